The molecule has 0 radical (unpaired) electrons. The normalized spacial score (nSPS) is 13.2. The van der Waals surface area contributed by atoms with Gasteiger partial charge in [0.25, 0.3) is 0 Å². The molecular weight excluding hydrogens is 254 g/mol. The first-order valence-electron chi connectivity index (χ1n) is 4.72. The van der Waals surface area contributed by atoms with Crippen molar-refractivity contribution in [2.45, 2.75) is 18.9 Å². The molecule has 0 amide bonds. The molecule has 0 aromatic carbocycles. The number of aliphatic carboxylic acids is 2. The Kier molecular flexibility index (Phi) is 6.69. The number of hydrogen-bond donors (Lipinski definition) is 3. The fraction of sp³-hybridized carbons (Fsp3) is 0.750. The maximum Gasteiger partial charge on any atom is 0.322 e. The lowest BCUT2D eigenvalue weighted by atomic mass is 10.2. The van der Waals surface area contributed by atoms with Crippen molar-refractivity contribution in [2.75, 3.05) is 19.5 Å². The number of hydrogen-bond acceptors (Lipinski definition) is 5. The molecule has 0 aromatic heterocycles. The molecule has 0 aliphatic carbocycles. The van der Waals surface area contributed by atoms with E-state index in [1.165, 1.54) is 7.11 Å². The van der Waals surface area contributed by atoms with Gasteiger partial charge in [-0.05, 0) is 6.42 Å². The zero-order chi connectivity index (χ0) is 13.5. The van der Waals surface area contributed by atoms with E-state index in [-0.39, 0.29) is 18.8 Å². The lowest BCUT2D eigenvalue weighted by Gasteiger charge is -2.12. The van der Waals surface area contributed by atoms with Gasteiger partial charge in [0.15, 0.2) is 0 Å². The SMILES string of the molecule is COCCCS(=O)(=O)N[C@H](CC(=O)O)C(=O)O. The van der Waals surface area contributed by atoms with Gasteiger partial charge in [-0.25, -0.2) is 13.1 Å². The molecular formula is C8H15NO7S. The first-order chi connectivity index (χ1) is 7.78. The fourth-order valence-corrected chi connectivity index (χ4v) is 2.26. The summed E-state index contributed by atoms with van der Waals surface area (Å²) >= 11 is 0. The molecule has 0 saturated carbocycles. The van der Waals surface area contributed by atoms with E-state index >= 15 is 0 Å². The number of rotatable bonds is 9. The Morgan fingerprint density at radius 1 is 1.35 bits per heavy atom. The van der Waals surface area contributed by atoms with Gasteiger partial charge in [-0.15, -0.1) is 0 Å². The number of sulfonamides is 1. The highest BCUT2D eigenvalue weighted by molar-refractivity contribution is 7.89. The summed E-state index contributed by atoms with van der Waals surface area (Å²) < 4.78 is 29.2. The quantitative estimate of drug-likeness (QED) is 0.451. The fourth-order valence-electron chi connectivity index (χ4n) is 1.02. The number of ether oxygens (including phenoxy) is 1. The van der Waals surface area contributed by atoms with Crippen LogP contribution in [0.25, 0.3) is 0 Å². The summed E-state index contributed by atoms with van der Waals surface area (Å²) in [5.41, 5.74) is 0. The highest BCUT2D eigenvalue weighted by atomic mass is 32.2. The van der Waals surface area contributed by atoms with Crippen LogP contribution in [0, 0.1) is 0 Å². The van der Waals surface area contributed by atoms with Gasteiger partial charge in [-0.2, -0.15) is 0 Å². The van der Waals surface area contributed by atoms with Gasteiger partial charge < -0.3 is 14.9 Å². The second kappa shape index (κ2) is 7.20. The number of carboxylic acid groups (broad SMARTS) is 2. The minimum atomic E-state index is -3.82. The Morgan fingerprint density at radius 2 is 1.94 bits per heavy atom. The molecule has 100 valence electrons. The standard InChI is InChI=1S/C8H15NO7S/c1-16-3-2-4-17(14,15)9-6(8(12)13)5-7(10)11/h6,9H,2-5H2,1H3,(H,10,11)(H,12,13)/t6-/m1/s1. The Morgan fingerprint density at radius 3 is 2.35 bits per heavy atom. The third kappa shape index (κ3) is 7.66. The number of carboxylic acids is 2. The van der Waals surface area contributed by atoms with Crippen LogP contribution in [0.5, 0.6) is 0 Å². The van der Waals surface area contributed by atoms with E-state index in [1.54, 1.807) is 0 Å². The summed E-state index contributed by atoms with van der Waals surface area (Å²) in [5.74, 6) is -3.23. The topological polar surface area (TPSA) is 130 Å². The lowest BCUT2D eigenvalue weighted by Crippen LogP contribution is -2.43. The summed E-state index contributed by atoms with van der Waals surface area (Å²) in [6.45, 7) is 0.220. The molecule has 0 saturated heterocycles. The lowest BCUT2D eigenvalue weighted by molar-refractivity contribution is -0.145. The molecule has 0 bridgehead atoms. The van der Waals surface area contributed by atoms with Gasteiger partial charge in [-0.3, -0.25) is 9.59 Å². The zero-order valence-electron chi connectivity index (χ0n) is 9.25. The number of nitrogens with one attached hydrogen (secondary N) is 1. The van der Waals surface area contributed by atoms with Crippen molar-refractivity contribution in [3.63, 3.8) is 0 Å². The van der Waals surface area contributed by atoms with Crippen molar-refractivity contribution >= 4 is 22.0 Å². The Labute approximate surface area is 98.6 Å². The van der Waals surface area contributed by atoms with E-state index in [0.29, 0.717) is 0 Å². The third-order valence-electron chi connectivity index (χ3n) is 1.76. The summed E-state index contributed by atoms with van der Waals surface area (Å²) in [7, 11) is -2.41. The second-order valence-electron chi connectivity index (χ2n) is 3.27. The average Bonchev–Trinajstić information content (AvgIpc) is 2.15. The van der Waals surface area contributed by atoms with Gasteiger partial charge in [0, 0.05) is 13.7 Å². The minimum Gasteiger partial charge on any atom is -0.481 e. The summed E-state index contributed by atoms with van der Waals surface area (Å²) in [5, 5.41) is 17.1. The molecule has 0 spiro atoms. The van der Waals surface area contributed by atoms with Gasteiger partial charge in [0.2, 0.25) is 10.0 Å². The van der Waals surface area contributed by atoms with Crippen molar-refractivity contribution in [1.82, 2.24) is 4.72 Å². The van der Waals surface area contributed by atoms with Gasteiger partial charge in [0.05, 0.1) is 12.2 Å². The highest BCUT2D eigenvalue weighted by Crippen LogP contribution is 1.98. The molecule has 9 heteroatoms. The van der Waals surface area contributed by atoms with Crippen LogP contribution in [0.2, 0.25) is 0 Å². The van der Waals surface area contributed by atoms with Crippen LogP contribution < -0.4 is 4.72 Å². The summed E-state index contributed by atoms with van der Waals surface area (Å²) in [4.78, 5) is 21.0. The highest BCUT2D eigenvalue weighted by Gasteiger charge is 2.26. The monoisotopic (exact) mass is 269 g/mol. The average molecular weight is 269 g/mol. The molecule has 0 aliphatic rings. The van der Waals surface area contributed by atoms with Crippen LogP contribution in [-0.2, 0) is 24.3 Å². The minimum absolute atomic E-state index is 0.200. The summed E-state index contributed by atoms with van der Waals surface area (Å²) in [6, 6.07) is -1.65. The first kappa shape index (κ1) is 15.8. The second-order valence-corrected chi connectivity index (χ2v) is 5.15. The molecule has 0 heterocycles. The van der Waals surface area contributed by atoms with Gasteiger partial charge in [0.1, 0.15) is 6.04 Å². The Balaban J connectivity index is 4.42. The van der Waals surface area contributed by atoms with E-state index in [0.717, 1.165) is 0 Å². The molecule has 0 aliphatic heterocycles. The molecule has 0 rings (SSSR count). The zero-order valence-corrected chi connectivity index (χ0v) is 10.1. The molecule has 1 atom stereocenters. The maximum atomic E-state index is 11.4. The third-order valence-corrected chi connectivity index (χ3v) is 3.23. The molecule has 0 aromatic rings. The van der Waals surface area contributed by atoms with Crippen molar-refractivity contribution in [3.05, 3.63) is 0 Å². The summed E-state index contributed by atoms with van der Waals surface area (Å²) in [6.07, 6.45) is -0.607. The van der Waals surface area contributed by atoms with E-state index in [2.05, 4.69) is 4.74 Å². The van der Waals surface area contributed by atoms with Crippen LogP contribution in [0.4, 0.5) is 0 Å². The molecule has 8 nitrogen and oxygen atoms in total. The molecule has 17 heavy (non-hydrogen) atoms. The van der Waals surface area contributed by atoms with Crippen molar-refractivity contribution in [1.29, 1.82) is 0 Å². The van der Waals surface area contributed by atoms with Gasteiger partial charge >= 0.3 is 11.9 Å². The van der Waals surface area contributed by atoms with Crippen LogP contribution in [0.1, 0.15) is 12.8 Å². The van der Waals surface area contributed by atoms with Crippen molar-refractivity contribution in [2.24, 2.45) is 0 Å². The molecule has 0 unspecified atom stereocenters. The van der Waals surface area contributed by atoms with Gasteiger partial charge in [-0.1, -0.05) is 0 Å². The van der Waals surface area contributed by atoms with Crippen LogP contribution in [-0.4, -0.2) is 56.1 Å². The number of carbonyl (C=O) groups is 2. The van der Waals surface area contributed by atoms with E-state index < -0.39 is 34.4 Å². The predicted molar refractivity (Wildman–Crippen MR) is 57.1 cm³/mol. The van der Waals surface area contributed by atoms with Crippen molar-refractivity contribution < 1.29 is 33.0 Å². The van der Waals surface area contributed by atoms with E-state index in [1.807, 2.05) is 4.72 Å². The maximum absolute atomic E-state index is 11.4. The van der Waals surface area contributed by atoms with E-state index in [9.17, 15) is 18.0 Å². The smallest absolute Gasteiger partial charge is 0.322 e. The van der Waals surface area contributed by atoms with Crippen LogP contribution in [0.15, 0.2) is 0 Å². The van der Waals surface area contributed by atoms with Crippen LogP contribution in [0.3, 0.4) is 0 Å². The Hall–Kier alpha value is -1.19. The van der Waals surface area contributed by atoms with Crippen LogP contribution >= 0.6 is 0 Å². The molecule has 3 N–H and O–H groups in total. The molecule has 0 fully saturated rings. The van der Waals surface area contributed by atoms with Crippen molar-refractivity contribution in [3.8, 4) is 0 Å². The number of methoxy groups -OCH3 is 1. The predicted octanol–water partition coefficient (Wildman–Crippen LogP) is -1.13. The largest absolute Gasteiger partial charge is 0.481 e. The Bertz CT molecular complexity index is 364. The first-order valence-corrected chi connectivity index (χ1v) is 6.37. The van der Waals surface area contributed by atoms with E-state index in [4.69, 9.17) is 10.2 Å².